The number of pyridine rings is 1. The van der Waals surface area contributed by atoms with Crippen LogP contribution < -0.4 is 11.5 Å². The predicted molar refractivity (Wildman–Crippen MR) is 51.5 cm³/mol. The van der Waals surface area contributed by atoms with Crippen molar-refractivity contribution in [1.82, 2.24) is 4.98 Å². The number of carbonyl (C=O) groups is 1. The van der Waals surface area contributed by atoms with E-state index in [0.29, 0.717) is 0 Å². The highest BCUT2D eigenvalue weighted by molar-refractivity contribution is 9.10. The molecule has 0 fully saturated rings. The van der Waals surface area contributed by atoms with Crippen molar-refractivity contribution in [2.75, 3.05) is 5.73 Å². The molecule has 0 aliphatic heterocycles. The minimum Gasteiger partial charge on any atom is -0.383 e. The number of halogens is 1. The Kier molecular flexibility index (Phi) is 2.65. The molecule has 0 bridgehead atoms. The standard InChI is InChI=1S/C6H5BrN4O3/c7-2-1-3(11(13)14)4(6(9)12)10-5(2)8/h1H,(H2,8,10)(H2,9,12). The maximum Gasteiger partial charge on any atom is 0.301 e. The van der Waals surface area contributed by atoms with Crippen molar-refractivity contribution in [2.24, 2.45) is 5.73 Å². The molecule has 1 aromatic heterocycles. The lowest BCUT2D eigenvalue weighted by Gasteiger charge is -2.01. The Morgan fingerprint density at radius 1 is 1.64 bits per heavy atom. The Bertz CT molecular complexity index is 381. The number of nitrogens with two attached hydrogens (primary N) is 2. The molecule has 4 N–H and O–H groups in total. The van der Waals surface area contributed by atoms with E-state index in [1.165, 1.54) is 0 Å². The van der Waals surface area contributed by atoms with Gasteiger partial charge in [-0.05, 0) is 15.9 Å². The van der Waals surface area contributed by atoms with Crippen LogP contribution in [0.4, 0.5) is 11.5 Å². The lowest BCUT2D eigenvalue weighted by atomic mass is 10.3. The molecule has 0 radical (unpaired) electrons. The topological polar surface area (TPSA) is 125 Å². The summed E-state index contributed by atoms with van der Waals surface area (Å²) in [5, 5.41) is 10.5. The molecule has 74 valence electrons. The van der Waals surface area contributed by atoms with Crippen LogP contribution in [0.2, 0.25) is 0 Å². The first kappa shape index (κ1) is 10.4. The first-order valence-electron chi connectivity index (χ1n) is 3.33. The summed E-state index contributed by atoms with van der Waals surface area (Å²) in [7, 11) is 0. The monoisotopic (exact) mass is 260 g/mol. The zero-order valence-corrected chi connectivity index (χ0v) is 8.32. The van der Waals surface area contributed by atoms with Gasteiger partial charge in [0, 0.05) is 6.07 Å². The summed E-state index contributed by atoms with van der Waals surface area (Å²) in [6.07, 6.45) is 0. The Morgan fingerprint density at radius 2 is 2.21 bits per heavy atom. The van der Waals surface area contributed by atoms with Gasteiger partial charge in [-0.25, -0.2) is 4.98 Å². The van der Waals surface area contributed by atoms with Crippen molar-refractivity contribution in [2.45, 2.75) is 0 Å². The van der Waals surface area contributed by atoms with Crippen molar-refractivity contribution in [3.63, 3.8) is 0 Å². The zero-order chi connectivity index (χ0) is 10.9. The van der Waals surface area contributed by atoms with Gasteiger partial charge in [-0.1, -0.05) is 0 Å². The predicted octanol–water partition coefficient (Wildman–Crippen LogP) is 0.433. The number of hydrogen-bond donors (Lipinski definition) is 2. The number of primary amides is 1. The number of hydrogen-bond acceptors (Lipinski definition) is 5. The Labute approximate surface area is 86.4 Å². The Hall–Kier alpha value is -1.70. The van der Waals surface area contributed by atoms with Crippen LogP contribution in [0.15, 0.2) is 10.5 Å². The van der Waals surface area contributed by atoms with Crippen LogP contribution in [0.25, 0.3) is 0 Å². The number of nitro groups is 1. The van der Waals surface area contributed by atoms with E-state index in [9.17, 15) is 14.9 Å². The van der Waals surface area contributed by atoms with Gasteiger partial charge in [0.2, 0.25) is 5.69 Å². The fraction of sp³-hybridized carbons (Fsp3) is 0. The molecule has 0 atom stereocenters. The van der Waals surface area contributed by atoms with Gasteiger partial charge in [-0.15, -0.1) is 0 Å². The molecule has 1 heterocycles. The largest absolute Gasteiger partial charge is 0.383 e. The van der Waals surface area contributed by atoms with Gasteiger partial charge < -0.3 is 11.5 Å². The summed E-state index contributed by atoms with van der Waals surface area (Å²) in [5.41, 5.74) is 9.31. The van der Waals surface area contributed by atoms with Gasteiger partial charge in [-0.3, -0.25) is 14.9 Å². The van der Waals surface area contributed by atoms with E-state index in [0.717, 1.165) is 6.07 Å². The molecular formula is C6H5BrN4O3. The summed E-state index contributed by atoms with van der Waals surface area (Å²) in [5.74, 6) is -1.01. The quantitative estimate of drug-likeness (QED) is 0.589. The van der Waals surface area contributed by atoms with E-state index in [1.807, 2.05) is 0 Å². The first-order valence-corrected chi connectivity index (χ1v) is 4.13. The van der Waals surface area contributed by atoms with E-state index in [4.69, 9.17) is 11.5 Å². The summed E-state index contributed by atoms with van der Waals surface area (Å²) in [6, 6.07) is 1.09. The molecule has 0 aliphatic carbocycles. The van der Waals surface area contributed by atoms with Crippen molar-refractivity contribution in [1.29, 1.82) is 0 Å². The Morgan fingerprint density at radius 3 is 2.64 bits per heavy atom. The molecular weight excluding hydrogens is 256 g/mol. The van der Waals surface area contributed by atoms with Gasteiger partial charge in [0.25, 0.3) is 5.91 Å². The molecule has 1 rings (SSSR count). The van der Waals surface area contributed by atoms with Gasteiger partial charge in [0.15, 0.2) is 0 Å². The summed E-state index contributed by atoms with van der Waals surface area (Å²) < 4.78 is 0.245. The second-order valence-corrected chi connectivity index (χ2v) is 3.20. The molecule has 7 nitrogen and oxygen atoms in total. The highest BCUT2D eigenvalue weighted by Crippen LogP contribution is 2.25. The summed E-state index contributed by atoms with van der Waals surface area (Å²) in [6.45, 7) is 0. The zero-order valence-electron chi connectivity index (χ0n) is 6.73. The molecule has 1 aromatic rings. The van der Waals surface area contributed by atoms with Crippen LogP contribution in [-0.2, 0) is 0 Å². The molecule has 0 aliphatic rings. The average molecular weight is 261 g/mol. The van der Waals surface area contributed by atoms with Gasteiger partial charge in [0.05, 0.1) is 9.40 Å². The summed E-state index contributed by atoms with van der Waals surface area (Å²) >= 11 is 2.95. The van der Waals surface area contributed by atoms with Crippen LogP contribution >= 0.6 is 15.9 Å². The SMILES string of the molecule is NC(=O)c1nc(N)c(Br)cc1[N+](=O)[O-]. The van der Waals surface area contributed by atoms with Crippen molar-refractivity contribution < 1.29 is 9.72 Å². The maximum atomic E-state index is 10.8. The lowest BCUT2D eigenvalue weighted by molar-refractivity contribution is -0.385. The molecule has 0 aromatic carbocycles. The molecule has 0 saturated carbocycles. The first-order chi connectivity index (χ1) is 6.43. The number of nitrogen functional groups attached to an aromatic ring is 1. The molecule has 0 unspecified atom stereocenters. The minimum atomic E-state index is -0.990. The van der Waals surface area contributed by atoms with E-state index in [1.54, 1.807) is 0 Å². The second kappa shape index (κ2) is 3.58. The van der Waals surface area contributed by atoms with E-state index < -0.39 is 22.2 Å². The van der Waals surface area contributed by atoms with Crippen molar-refractivity contribution in [3.8, 4) is 0 Å². The third-order valence-corrected chi connectivity index (χ3v) is 2.05. The molecule has 1 amide bonds. The third-order valence-electron chi connectivity index (χ3n) is 1.41. The highest BCUT2D eigenvalue weighted by Gasteiger charge is 2.21. The molecule has 0 saturated heterocycles. The Balaban J connectivity index is 3.46. The van der Waals surface area contributed by atoms with Crippen LogP contribution in [-0.4, -0.2) is 15.8 Å². The average Bonchev–Trinajstić information content (AvgIpc) is 2.08. The van der Waals surface area contributed by atoms with E-state index in [2.05, 4.69) is 20.9 Å². The van der Waals surface area contributed by atoms with Gasteiger partial charge in [0.1, 0.15) is 5.82 Å². The van der Waals surface area contributed by atoms with Crippen molar-refractivity contribution in [3.05, 3.63) is 26.3 Å². The molecule has 8 heteroatoms. The number of aromatic nitrogens is 1. The molecule has 14 heavy (non-hydrogen) atoms. The lowest BCUT2D eigenvalue weighted by Crippen LogP contribution is -2.16. The maximum absolute atomic E-state index is 10.8. The smallest absolute Gasteiger partial charge is 0.301 e. The fourth-order valence-corrected chi connectivity index (χ4v) is 1.12. The number of anilines is 1. The van der Waals surface area contributed by atoms with E-state index in [-0.39, 0.29) is 10.3 Å². The van der Waals surface area contributed by atoms with Gasteiger partial charge in [-0.2, -0.15) is 0 Å². The normalized spacial score (nSPS) is 9.79. The van der Waals surface area contributed by atoms with Crippen LogP contribution in [0.5, 0.6) is 0 Å². The third kappa shape index (κ3) is 1.79. The van der Waals surface area contributed by atoms with Crippen LogP contribution in [0.1, 0.15) is 10.5 Å². The van der Waals surface area contributed by atoms with Crippen LogP contribution in [0, 0.1) is 10.1 Å². The van der Waals surface area contributed by atoms with Gasteiger partial charge >= 0.3 is 5.69 Å². The number of rotatable bonds is 2. The van der Waals surface area contributed by atoms with E-state index >= 15 is 0 Å². The minimum absolute atomic E-state index is 0.0237. The van der Waals surface area contributed by atoms with Crippen LogP contribution in [0.3, 0.4) is 0 Å². The fourth-order valence-electron chi connectivity index (χ4n) is 0.814. The highest BCUT2D eigenvalue weighted by atomic mass is 79.9. The number of amides is 1. The van der Waals surface area contributed by atoms with Crippen molar-refractivity contribution >= 4 is 33.3 Å². The molecule has 0 spiro atoms. The number of carbonyl (C=O) groups excluding carboxylic acids is 1. The number of nitrogens with zero attached hydrogens (tertiary/aromatic N) is 2. The summed E-state index contributed by atoms with van der Waals surface area (Å²) in [4.78, 5) is 24.0. The second-order valence-electron chi connectivity index (χ2n) is 2.34.